The van der Waals surface area contributed by atoms with Crippen molar-refractivity contribution < 1.29 is 0 Å². The highest BCUT2D eigenvalue weighted by Gasteiger charge is 2.15. The Morgan fingerprint density at radius 1 is 1.10 bits per heavy atom. The topological polar surface area (TPSA) is 52.2 Å². The molecule has 0 aliphatic carbocycles. The summed E-state index contributed by atoms with van der Waals surface area (Å²) in [6.07, 6.45) is 1.85. The van der Waals surface area contributed by atoms with E-state index in [9.17, 15) is 0 Å². The van der Waals surface area contributed by atoms with E-state index in [2.05, 4.69) is 45.7 Å². The van der Waals surface area contributed by atoms with Gasteiger partial charge in [-0.2, -0.15) is 0 Å². The first-order chi connectivity index (χ1) is 9.75. The molecule has 0 aromatic carbocycles. The summed E-state index contributed by atoms with van der Waals surface area (Å²) in [6, 6.07) is 7.30. The Balaban J connectivity index is 0.000000178. The highest BCUT2D eigenvalue weighted by Crippen LogP contribution is 2.11. The van der Waals surface area contributed by atoms with Crippen molar-refractivity contribution in [2.45, 2.75) is 25.9 Å². The Morgan fingerprint density at radius 3 is 2.50 bits per heavy atom. The fourth-order valence-electron chi connectivity index (χ4n) is 2.48. The van der Waals surface area contributed by atoms with Crippen LogP contribution in [0.4, 0.5) is 5.82 Å². The van der Waals surface area contributed by atoms with Gasteiger partial charge in [0.05, 0.1) is 0 Å². The highest BCUT2D eigenvalue weighted by molar-refractivity contribution is 5.38. The molecule has 2 saturated heterocycles. The predicted molar refractivity (Wildman–Crippen MR) is 84.2 cm³/mol. The van der Waals surface area contributed by atoms with Gasteiger partial charge in [0.25, 0.3) is 0 Å². The van der Waals surface area contributed by atoms with Gasteiger partial charge in [0, 0.05) is 57.5 Å². The molecular formula is C15H27N5. The second-order valence-corrected chi connectivity index (χ2v) is 5.55. The van der Waals surface area contributed by atoms with Gasteiger partial charge in [-0.15, -0.1) is 0 Å². The van der Waals surface area contributed by atoms with Crippen LogP contribution in [0.2, 0.25) is 0 Å². The molecule has 0 bridgehead atoms. The van der Waals surface area contributed by atoms with Gasteiger partial charge in [-0.3, -0.25) is 0 Å². The zero-order valence-corrected chi connectivity index (χ0v) is 12.6. The van der Waals surface area contributed by atoms with Crippen molar-refractivity contribution in [1.29, 1.82) is 0 Å². The molecule has 0 radical (unpaired) electrons. The number of hydrogen-bond acceptors (Lipinski definition) is 5. The Kier molecular flexibility index (Phi) is 6.24. The quantitative estimate of drug-likeness (QED) is 0.696. The molecule has 20 heavy (non-hydrogen) atoms. The van der Waals surface area contributed by atoms with Gasteiger partial charge in [0.1, 0.15) is 5.82 Å². The first-order valence-electron chi connectivity index (χ1n) is 7.59. The van der Waals surface area contributed by atoms with E-state index in [1.54, 1.807) is 0 Å². The van der Waals surface area contributed by atoms with E-state index in [1.807, 2.05) is 18.3 Å². The Bertz CT molecular complexity index is 364. The number of rotatable bonds is 1. The van der Waals surface area contributed by atoms with Crippen molar-refractivity contribution in [1.82, 2.24) is 20.9 Å². The van der Waals surface area contributed by atoms with Gasteiger partial charge < -0.3 is 20.9 Å². The van der Waals surface area contributed by atoms with E-state index >= 15 is 0 Å². The Hall–Kier alpha value is -1.17. The van der Waals surface area contributed by atoms with Crippen LogP contribution >= 0.6 is 0 Å². The van der Waals surface area contributed by atoms with Crippen LogP contribution in [0.1, 0.15) is 13.8 Å². The zero-order valence-electron chi connectivity index (χ0n) is 12.6. The molecule has 1 aromatic rings. The Labute approximate surface area is 122 Å². The molecule has 0 spiro atoms. The van der Waals surface area contributed by atoms with E-state index in [0.29, 0.717) is 12.1 Å². The fraction of sp³-hybridized carbons (Fsp3) is 0.667. The minimum Gasteiger partial charge on any atom is -0.354 e. The summed E-state index contributed by atoms with van der Waals surface area (Å²) < 4.78 is 0. The lowest BCUT2D eigenvalue weighted by Gasteiger charge is -2.32. The maximum Gasteiger partial charge on any atom is 0.128 e. The van der Waals surface area contributed by atoms with E-state index in [-0.39, 0.29) is 0 Å². The minimum atomic E-state index is 0.566. The van der Waals surface area contributed by atoms with Crippen LogP contribution in [-0.2, 0) is 0 Å². The molecule has 2 fully saturated rings. The van der Waals surface area contributed by atoms with Crippen LogP contribution < -0.4 is 20.9 Å². The van der Waals surface area contributed by atoms with Crippen LogP contribution in [0, 0.1) is 0 Å². The molecule has 1 aromatic heterocycles. The van der Waals surface area contributed by atoms with Crippen LogP contribution in [0.25, 0.3) is 0 Å². The fourth-order valence-corrected chi connectivity index (χ4v) is 2.48. The molecule has 112 valence electrons. The molecule has 3 N–H and O–H groups in total. The number of piperazine rings is 2. The maximum absolute atomic E-state index is 4.34. The monoisotopic (exact) mass is 277 g/mol. The smallest absolute Gasteiger partial charge is 0.128 e. The third-order valence-corrected chi connectivity index (χ3v) is 3.59. The molecule has 3 rings (SSSR count). The molecule has 2 atom stereocenters. The SMILES string of the molecule is C[C@@H]1CN(c2ccccn2)CCN1.C[C@@H]1CNCCN1. The number of aromatic nitrogens is 1. The largest absolute Gasteiger partial charge is 0.354 e. The van der Waals surface area contributed by atoms with Gasteiger partial charge in [0.2, 0.25) is 0 Å². The first-order valence-corrected chi connectivity index (χ1v) is 7.59. The minimum absolute atomic E-state index is 0.566. The van der Waals surface area contributed by atoms with Crippen molar-refractivity contribution in [2.24, 2.45) is 0 Å². The normalized spacial score (nSPS) is 26.6. The summed E-state index contributed by atoms with van der Waals surface area (Å²) in [4.78, 5) is 6.66. The Morgan fingerprint density at radius 2 is 1.95 bits per heavy atom. The number of hydrogen-bond donors (Lipinski definition) is 3. The summed E-state index contributed by atoms with van der Waals surface area (Å²) >= 11 is 0. The lowest BCUT2D eigenvalue weighted by Crippen LogP contribution is -2.49. The molecule has 5 heteroatoms. The lowest BCUT2D eigenvalue weighted by molar-refractivity contribution is 0.442. The van der Waals surface area contributed by atoms with Crippen molar-refractivity contribution in [3.8, 4) is 0 Å². The summed E-state index contributed by atoms with van der Waals surface area (Å²) in [6.45, 7) is 10.9. The van der Waals surface area contributed by atoms with Crippen molar-refractivity contribution in [3.05, 3.63) is 24.4 Å². The second-order valence-electron chi connectivity index (χ2n) is 5.55. The predicted octanol–water partition coefficient (Wildman–Crippen LogP) is 0.447. The third kappa shape index (κ3) is 5.07. The molecule has 0 saturated carbocycles. The first kappa shape index (κ1) is 15.2. The average Bonchev–Trinajstić information content (AvgIpc) is 2.50. The van der Waals surface area contributed by atoms with Crippen molar-refractivity contribution in [3.63, 3.8) is 0 Å². The molecule has 5 nitrogen and oxygen atoms in total. The molecule has 0 unspecified atom stereocenters. The van der Waals surface area contributed by atoms with Gasteiger partial charge in [-0.25, -0.2) is 4.98 Å². The zero-order chi connectivity index (χ0) is 14.2. The molecule has 2 aliphatic heterocycles. The summed E-state index contributed by atoms with van der Waals surface area (Å²) in [5.74, 6) is 1.09. The average molecular weight is 277 g/mol. The van der Waals surface area contributed by atoms with Gasteiger partial charge in [-0.05, 0) is 26.0 Å². The molecule has 2 aliphatic rings. The standard InChI is InChI=1S/C10H15N3.C5H12N2/c1-9-8-13(7-6-11-9)10-4-2-3-5-12-10;1-5-4-6-2-3-7-5/h2-5,9,11H,6-8H2,1H3;5-7H,2-4H2,1H3/t9-;5-/m11/s1. The van der Waals surface area contributed by atoms with Crippen LogP contribution in [0.5, 0.6) is 0 Å². The summed E-state index contributed by atoms with van der Waals surface area (Å²) in [5.41, 5.74) is 0. The van der Waals surface area contributed by atoms with Gasteiger partial charge >= 0.3 is 0 Å². The van der Waals surface area contributed by atoms with Gasteiger partial charge in [0.15, 0.2) is 0 Å². The lowest BCUT2D eigenvalue weighted by atomic mass is 10.2. The van der Waals surface area contributed by atoms with E-state index in [0.717, 1.165) is 45.1 Å². The van der Waals surface area contributed by atoms with Crippen LogP contribution in [-0.4, -0.2) is 56.3 Å². The molecule has 0 amide bonds. The number of nitrogens with zero attached hydrogens (tertiary/aromatic N) is 2. The highest BCUT2D eigenvalue weighted by atomic mass is 15.2. The molecule has 3 heterocycles. The van der Waals surface area contributed by atoms with Crippen LogP contribution in [0.15, 0.2) is 24.4 Å². The van der Waals surface area contributed by atoms with Gasteiger partial charge in [-0.1, -0.05) is 6.07 Å². The van der Waals surface area contributed by atoms with E-state index in [1.165, 1.54) is 0 Å². The second kappa shape index (κ2) is 8.19. The molecular weight excluding hydrogens is 250 g/mol. The van der Waals surface area contributed by atoms with Crippen molar-refractivity contribution >= 4 is 5.82 Å². The van der Waals surface area contributed by atoms with E-state index in [4.69, 9.17) is 0 Å². The summed E-state index contributed by atoms with van der Waals surface area (Å²) in [7, 11) is 0. The summed E-state index contributed by atoms with van der Waals surface area (Å²) in [5, 5.41) is 10.0. The van der Waals surface area contributed by atoms with Crippen LogP contribution in [0.3, 0.4) is 0 Å². The number of pyridine rings is 1. The maximum atomic E-state index is 4.34. The van der Waals surface area contributed by atoms with Crippen molar-refractivity contribution in [2.75, 3.05) is 44.2 Å². The van der Waals surface area contributed by atoms with E-state index < -0.39 is 0 Å². The number of nitrogens with one attached hydrogen (secondary N) is 3. The third-order valence-electron chi connectivity index (χ3n) is 3.59. The number of anilines is 1.